The van der Waals surface area contributed by atoms with E-state index in [2.05, 4.69) is 10.1 Å². The third kappa shape index (κ3) is 5.20. The van der Waals surface area contributed by atoms with Gasteiger partial charge >= 0.3 is 0 Å². The lowest BCUT2D eigenvalue weighted by molar-refractivity contribution is 0.333. The van der Waals surface area contributed by atoms with Crippen molar-refractivity contribution in [1.82, 2.24) is 14.7 Å². The van der Waals surface area contributed by atoms with Gasteiger partial charge in [-0.2, -0.15) is 4.98 Å². The number of sulfone groups is 1. The molecule has 3 heterocycles. The van der Waals surface area contributed by atoms with Gasteiger partial charge in [-0.3, -0.25) is 4.79 Å². The van der Waals surface area contributed by atoms with E-state index in [-0.39, 0.29) is 59.4 Å². The van der Waals surface area contributed by atoms with Crippen molar-refractivity contribution in [1.29, 1.82) is 0 Å². The van der Waals surface area contributed by atoms with E-state index in [9.17, 15) is 17.6 Å². The normalized spacial score (nSPS) is 15.3. The molecule has 0 N–H and O–H groups in total. The van der Waals surface area contributed by atoms with E-state index < -0.39 is 26.5 Å². The minimum Gasteiger partial charge on any atom is -0.367 e. The van der Waals surface area contributed by atoms with Crippen LogP contribution in [-0.2, 0) is 21.8 Å². The number of anilines is 1. The molecule has 0 aliphatic carbocycles. The van der Waals surface area contributed by atoms with E-state index in [1.54, 1.807) is 33.9 Å². The molecule has 5 aromatic rings. The van der Waals surface area contributed by atoms with E-state index >= 15 is 4.39 Å². The summed E-state index contributed by atoms with van der Waals surface area (Å²) >= 11 is 0. The Labute approximate surface area is 241 Å². The summed E-state index contributed by atoms with van der Waals surface area (Å²) in [5.74, 6) is -0.789. The molecule has 216 valence electrons. The van der Waals surface area contributed by atoms with Gasteiger partial charge in [-0.15, -0.1) is 0 Å². The highest BCUT2D eigenvalue weighted by Gasteiger charge is 2.31. The molecule has 8 nitrogen and oxygen atoms in total. The van der Waals surface area contributed by atoms with Crippen LogP contribution in [0.1, 0.15) is 30.9 Å². The molecule has 11 heteroatoms. The number of hydrogen-bond donors (Lipinski definition) is 0. The Kier molecular flexibility index (Phi) is 6.92. The molecule has 42 heavy (non-hydrogen) atoms. The summed E-state index contributed by atoms with van der Waals surface area (Å²) in [6, 6.07) is 18.3. The molecule has 1 saturated heterocycles. The van der Waals surface area contributed by atoms with Crippen molar-refractivity contribution in [3.05, 3.63) is 112 Å². The standard InChI is InChI=1S/C31H28F2N4O4S/c1-31(2,21-6-4-3-5-7-21)30-34-29(35-41-30)24-19-37(18-20-8-10-22(32)11-9-20)26-17-27(25(33)16-23(26)28(24)38)36-12-14-42(39,40)15-13-36/h3-11,16-17,19H,12-15,18H2,1-2H3. The lowest BCUT2D eigenvalue weighted by atomic mass is 9.84. The molecule has 0 atom stereocenters. The van der Waals surface area contributed by atoms with Gasteiger partial charge in [-0.05, 0) is 49.2 Å². The summed E-state index contributed by atoms with van der Waals surface area (Å²) in [6.07, 6.45) is 1.60. The van der Waals surface area contributed by atoms with Crippen molar-refractivity contribution in [2.75, 3.05) is 29.5 Å². The summed E-state index contributed by atoms with van der Waals surface area (Å²) in [4.78, 5) is 20.0. The van der Waals surface area contributed by atoms with E-state index in [0.717, 1.165) is 11.1 Å². The largest absolute Gasteiger partial charge is 0.367 e. The number of halogens is 2. The first-order valence-corrected chi connectivity index (χ1v) is 15.3. The van der Waals surface area contributed by atoms with Crippen LogP contribution in [0, 0.1) is 11.6 Å². The molecule has 0 radical (unpaired) electrons. The van der Waals surface area contributed by atoms with Gasteiger partial charge in [0.2, 0.25) is 17.1 Å². The van der Waals surface area contributed by atoms with Crippen LogP contribution >= 0.6 is 0 Å². The van der Waals surface area contributed by atoms with Gasteiger partial charge in [0.05, 0.1) is 33.7 Å². The molecule has 0 spiro atoms. The quantitative estimate of drug-likeness (QED) is 0.276. The van der Waals surface area contributed by atoms with Crippen LogP contribution < -0.4 is 10.3 Å². The van der Waals surface area contributed by atoms with Crippen molar-refractivity contribution in [2.45, 2.75) is 25.8 Å². The average molecular weight is 591 g/mol. The Morgan fingerprint density at radius 2 is 1.67 bits per heavy atom. The van der Waals surface area contributed by atoms with E-state index in [1.165, 1.54) is 18.2 Å². The SMILES string of the molecule is CC(C)(c1ccccc1)c1nc(-c2cn(Cc3ccc(F)cc3)c3cc(N4CCS(=O)(=O)CC4)c(F)cc3c2=O)no1. The Bertz CT molecular complexity index is 1940. The molecule has 6 rings (SSSR count). The molecule has 2 aromatic heterocycles. The molecular formula is C31H28F2N4O4S. The van der Waals surface area contributed by atoms with Crippen molar-refractivity contribution < 1.29 is 21.7 Å². The molecule has 1 fully saturated rings. The Morgan fingerprint density at radius 3 is 2.36 bits per heavy atom. The third-order valence-corrected chi connectivity index (χ3v) is 9.41. The summed E-state index contributed by atoms with van der Waals surface area (Å²) in [7, 11) is -3.17. The van der Waals surface area contributed by atoms with Crippen LogP contribution in [0.25, 0.3) is 22.3 Å². The van der Waals surface area contributed by atoms with Crippen LogP contribution in [-0.4, -0.2) is 47.7 Å². The summed E-state index contributed by atoms with van der Waals surface area (Å²) in [5.41, 5.74) is 1.36. The smallest absolute Gasteiger partial charge is 0.237 e. The Hall–Kier alpha value is -4.38. The highest BCUT2D eigenvalue weighted by atomic mass is 32.2. The third-order valence-electron chi connectivity index (χ3n) is 7.80. The van der Waals surface area contributed by atoms with Crippen molar-refractivity contribution in [3.63, 3.8) is 0 Å². The van der Waals surface area contributed by atoms with Gasteiger partial charge < -0.3 is 14.0 Å². The molecule has 0 amide bonds. The van der Waals surface area contributed by atoms with Crippen LogP contribution in [0.4, 0.5) is 14.5 Å². The molecule has 0 saturated carbocycles. The van der Waals surface area contributed by atoms with Gasteiger partial charge in [-0.1, -0.05) is 47.6 Å². The highest BCUT2D eigenvalue weighted by Crippen LogP contribution is 2.32. The average Bonchev–Trinajstić information content (AvgIpc) is 3.47. The minimum absolute atomic E-state index is 0.0690. The fourth-order valence-corrected chi connectivity index (χ4v) is 6.44. The number of hydrogen-bond acceptors (Lipinski definition) is 7. The van der Waals surface area contributed by atoms with E-state index in [4.69, 9.17) is 4.52 Å². The Balaban J connectivity index is 1.48. The summed E-state index contributed by atoms with van der Waals surface area (Å²) in [6.45, 7) is 4.41. The topological polar surface area (TPSA) is 98.3 Å². The predicted octanol–water partition coefficient (Wildman–Crippen LogP) is 4.94. The maximum Gasteiger partial charge on any atom is 0.237 e. The first-order valence-electron chi connectivity index (χ1n) is 13.5. The molecule has 1 aliphatic rings. The molecule has 1 aliphatic heterocycles. The number of pyridine rings is 1. The maximum absolute atomic E-state index is 15.5. The summed E-state index contributed by atoms with van der Waals surface area (Å²) < 4.78 is 60.5. The van der Waals surface area contributed by atoms with Crippen molar-refractivity contribution >= 4 is 26.4 Å². The number of rotatable bonds is 6. The van der Waals surface area contributed by atoms with E-state index in [1.807, 2.05) is 44.2 Å². The number of fused-ring (bicyclic) bond motifs is 1. The minimum atomic E-state index is -3.17. The van der Waals surface area contributed by atoms with Gasteiger partial charge in [-0.25, -0.2) is 17.2 Å². The van der Waals surface area contributed by atoms with Gasteiger partial charge in [0.15, 0.2) is 9.84 Å². The number of nitrogens with zero attached hydrogens (tertiary/aromatic N) is 4. The zero-order chi connectivity index (χ0) is 29.6. The molecular weight excluding hydrogens is 562 g/mol. The zero-order valence-corrected chi connectivity index (χ0v) is 23.9. The van der Waals surface area contributed by atoms with Crippen LogP contribution in [0.15, 0.2) is 82.2 Å². The fraction of sp³-hybridized carbons (Fsp3) is 0.258. The van der Waals surface area contributed by atoms with Crippen LogP contribution in [0.2, 0.25) is 0 Å². The van der Waals surface area contributed by atoms with Crippen molar-refractivity contribution in [3.8, 4) is 11.4 Å². The fourth-order valence-electron chi connectivity index (χ4n) is 5.24. The second-order valence-corrected chi connectivity index (χ2v) is 13.3. The highest BCUT2D eigenvalue weighted by molar-refractivity contribution is 7.91. The van der Waals surface area contributed by atoms with Gasteiger partial charge in [0, 0.05) is 31.2 Å². The molecule has 0 unspecified atom stereocenters. The number of benzene rings is 3. The summed E-state index contributed by atoms with van der Waals surface area (Å²) in [5, 5.41) is 4.23. The van der Waals surface area contributed by atoms with Crippen molar-refractivity contribution in [2.24, 2.45) is 0 Å². The first kappa shape index (κ1) is 27.8. The van der Waals surface area contributed by atoms with Crippen LogP contribution in [0.5, 0.6) is 0 Å². The zero-order valence-electron chi connectivity index (χ0n) is 23.0. The molecule has 0 bridgehead atoms. The second kappa shape index (κ2) is 10.5. The number of aromatic nitrogens is 3. The Morgan fingerprint density at radius 1 is 0.976 bits per heavy atom. The van der Waals surface area contributed by atoms with Gasteiger partial charge in [0.1, 0.15) is 11.6 Å². The van der Waals surface area contributed by atoms with Crippen LogP contribution in [0.3, 0.4) is 0 Å². The van der Waals surface area contributed by atoms with Gasteiger partial charge in [0.25, 0.3) is 0 Å². The monoisotopic (exact) mass is 590 g/mol. The van der Waals surface area contributed by atoms with E-state index in [0.29, 0.717) is 11.4 Å². The lowest BCUT2D eigenvalue weighted by Gasteiger charge is -2.29. The lowest BCUT2D eigenvalue weighted by Crippen LogP contribution is -2.40. The first-order chi connectivity index (χ1) is 20.0. The molecule has 3 aromatic carbocycles. The maximum atomic E-state index is 15.5. The second-order valence-electron chi connectivity index (χ2n) is 11.0. The predicted molar refractivity (Wildman–Crippen MR) is 156 cm³/mol.